The summed E-state index contributed by atoms with van der Waals surface area (Å²) in [5.74, 6) is 0.404. The molecule has 0 aliphatic carbocycles. The van der Waals surface area contributed by atoms with Gasteiger partial charge in [0.2, 0.25) is 5.82 Å². The van der Waals surface area contributed by atoms with Gasteiger partial charge in [-0.2, -0.15) is 4.98 Å². The molecule has 9 heteroatoms. The number of rotatable bonds is 4. The van der Waals surface area contributed by atoms with Gasteiger partial charge in [0.1, 0.15) is 5.56 Å². The second-order valence-corrected chi connectivity index (χ2v) is 7.89. The van der Waals surface area contributed by atoms with Crippen LogP contribution in [0.5, 0.6) is 0 Å². The van der Waals surface area contributed by atoms with Gasteiger partial charge in [-0.25, -0.2) is 0 Å². The van der Waals surface area contributed by atoms with Crippen molar-refractivity contribution >= 4 is 46.4 Å². The molecule has 0 bridgehead atoms. The summed E-state index contributed by atoms with van der Waals surface area (Å²) in [6, 6.07) is 13.5. The molecule has 0 aliphatic heterocycles. The Hall–Kier alpha value is -2.31. The Balaban J connectivity index is 1.72. The van der Waals surface area contributed by atoms with E-state index in [4.69, 9.17) is 50.9 Å². The van der Waals surface area contributed by atoms with Crippen molar-refractivity contribution in [2.75, 3.05) is 0 Å². The molecular formula is C20H11Cl4N3O2. The molecule has 4 rings (SSSR count). The third kappa shape index (κ3) is 4.33. The second kappa shape index (κ2) is 8.20. The molecule has 0 aliphatic rings. The van der Waals surface area contributed by atoms with Gasteiger partial charge in [-0.1, -0.05) is 57.6 Å². The summed E-state index contributed by atoms with van der Waals surface area (Å²) in [7, 11) is 0. The van der Waals surface area contributed by atoms with E-state index in [1.807, 2.05) is 0 Å². The van der Waals surface area contributed by atoms with Gasteiger partial charge in [0.15, 0.2) is 0 Å². The minimum atomic E-state index is -0.341. The summed E-state index contributed by atoms with van der Waals surface area (Å²) in [4.78, 5) is 17.3. The fourth-order valence-electron chi connectivity index (χ4n) is 2.75. The molecule has 5 nitrogen and oxygen atoms in total. The van der Waals surface area contributed by atoms with Gasteiger partial charge in [0.05, 0.1) is 11.6 Å². The SMILES string of the molecule is O=c1c(-c2nc(-c3ccc(Cl)cc3)no2)cc(Cl)cn1Cc1ccc(Cl)cc1Cl. The smallest absolute Gasteiger partial charge is 0.263 e. The first-order valence-corrected chi connectivity index (χ1v) is 9.86. The van der Waals surface area contributed by atoms with Crippen molar-refractivity contribution < 1.29 is 4.52 Å². The maximum absolute atomic E-state index is 13.0. The lowest BCUT2D eigenvalue weighted by atomic mass is 10.2. The lowest BCUT2D eigenvalue weighted by Crippen LogP contribution is -2.22. The Kier molecular flexibility index (Phi) is 5.65. The largest absolute Gasteiger partial charge is 0.333 e. The highest BCUT2D eigenvalue weighted by Gasteiger charge is 2.17. The first kappa shape index (κ1) is 20.0. The van der Waals surface area contributed by atoms with Crippen LogP contribution in [-0.2, 0) is 6.54 Å². The Morgan fingerprint density at radius 3 is 2.34 bits per heavy atom. The Labute approximate surface area is 185 Å². The maximum Gasteiger partial charge on any atom is 0.263 e. The number of hydrogen-bond acceptors (Lipinski definition) is 4. The molecule has 0 amide bonds. The van der Waals surface area contributed by atoms with Gasteiger partial charge in [0, 0.05) is 26.8 Å². The van der Waals surface area contributed by atoms with Crippen molar-refractivity contribution in [2.24, 2.45) is 0 Å². The second-order valence-electron chi connectivity index (χ2n) is 6.17. The van der Waals surface area contributed by atoms with Gasteiger partial charge in [-0.05, 0) is 48.0 Å². The number of pyridine rings is 1. The average Bonchev–Trinajstić information content (AvgIpc) is 3.17. The van der Waals surface area contributed by atoms with E-state index >= 15 is 0 Å². The standard InChI is InChI=1S/C20H11Cl4N3O2/c21-13-4-1-11(2-5-13)18-25-19(29-26-18)16-7-15(23)10-27(20(16)28)9-12-3-6-14(22)8-17(12)24/h1-8,10H,9H2. The average molecular weight is 467 g/mol. The number of halogens is 4. The molecule has 2 aromatic heterocycles. The molecule has 29 heavy (non-hydrogen) atoms. The highest BCUT2D eigenvalue weighted by Crippen LogP contribution is 2.25. The summed E-state index contributed by atoms with van der Waals surface area (Å²) < 4.78 is 6.74. The first-order chi connectivity index (χ1) is 13.9. The fraction of sp³-hybridized carbons (Fsp3) is 0.0500. The summed E-state index contributed by atoms with van der Waals surface area (Å²) in [5.41, 5.74) is 1.28. The van der Waals surface area contributed by atoms with Gasteiger partial charge >= 0.3 is 0 Å². The molecule has 4 aromatic rings. The molecular weight excluding hydrogens is 456 g/mol. The number of benzene rings is 2. The summed E-state index contributed by atoms with van der Waals surface area (Å²) in [6.45, 7) is 0.209. The topological polar surface area (TPSA) is 60.9 Å². The van der Waals surface area contributed by atoms with E-state index in [1.165, 1.54) is 16.8 Å². The van der Waals surface area contributed by atoms with Crippen molar-refractivity contribution in [2.45, 2.75) is 6.54 Å². The zero-order valence-electron chi connectivity index (χ0n) is 14.6. The molecule has 0 saturated heterocycles. The van der Waals surface area contributed by atoms with E-state index in [0.717, 1.165) is 5.56 Å². The van der Waals surface area contributed by atoms with Crippen molar-refractivity contribution in [3.05, 3.63) is 90.7 Å². The van der Waals surface area contributed by atoms with Crippen LogP contribution in [-0.4, -0.2) is 14.7 Å². The zero-order chi connectivity index (χ0) is 20.5. The number of hydrogen-bond donors (Lipinski definition) is 0. The van der Waals surface area contributed by atoms with Crippen LogP contribution in [0.2, 0.25) is 20.1 Å². The third-order valence-electron chi connectivity index (χ3n) is 4.17. The molecule has 0 N–H and O–H groups in total. The Bertz CT molecular complexity index is 1250. The van der Waals surface area contributed by atoms with E-state index in [-0.39, 0.29) is 23.6 Å². The van der Waals surface area contributed by atoms with Crippen molar-refractivity contribution in [3.8, 4) is 22.8 Å². The minimum Gasteiger partial charge on any atom is -0.333 e. The Morgan fingerprint density at radius 1 is 0.897 bits per heavy atom. The predicted octanol–water partition coefficient (Wildman–Crippen LogP) is 6.23. The summed E-state index contributed by atoms with van der Waals surface area (Å²) >= 11 is 24.3. The molecule has 0 atom stereocenters. The van der Waals surface area contributed by atoms with Crippen molar-refractivity contribution in [1.29, 1.82) is 0 Å². The quantitative estimate of drug-likeness (QED) is 0.357. The molecule has 0 fully saturated rings. The zero-order valence-corrected chi connectivity index (χ0v) is 17.6. The summed E-state index contributed by atoms with van der Waals surface area (Å²) in [6.07, 6.45) is 1.52. The van der Waals surface area contributed by atoms with Crippen LogP contribution in [0.1, 0.15) is 5.56 Å². The van der Waals surface area contributed by atoms with Gasteiger partial charge < -0.3 is 9.09 Å². The molecule has 0 unspecified atom stereocenters. The highest BCUT2D eigenvalue weighted by atomic mass is 35.5. The van der Waals surface area contributed by atoms with E-state index in [2.05, 4.69) is 10.1 Å². The van der Waals surface area contributed by atoms with Crippen LogP contribution in [0.25, 0.3) is 22.8 Å². The molecule has 0 radical (unpaired) electrons. The molecule has 2 aromatic carbocycles. The fourth-order valence-corrected chi connectivity index (χ4v) is 3.57. The lowest BCUT2D eigenvalue weighted by molar-refractivity contribution is 0.431. The van der Waals surface area contributed by atoms with E-state index in [1.54, 1.807) is 42.5 Å². The summed E-state index contributed by atoms with van der Waals surface area (Å²) in [5, 5.41) is 5.85. The number of aromatic nitrogens is 3. The Morgan fingerprint density at radius 2 is 1.62 bits per heavy atom. The van der Waals surface area contributed by atoms with Crippen LogP contribution in [0, 0.1) is 0 Å². The van der Waals surface area contributed by atoms with Gasteiger partial charge in [0.25, 0.3) is 11.4 Å². The molecule has 0 saturated carbocycles. The lowest BCUT2D eigenvalue weighted by Gasteiger charge is -2.09. The third-order valence-corrected chi connectivity index (χ3v) is 5.21. The molecule has 2 heterocycles. The monoisotopic (exact) mass is 465 g/mol. The highest BCUT2D eigenvalue weighted by molar-refractivity contribution is 6.35. The minimum absolute atomic E-state index is 0.0680. The van der Waals surface area contributed by atoms with E-state index < -0.39 is 0 Å². The predicted molar refractivity (Wildman–Crippen MR) is 115 cm³/mol. The van der Waals surface area contributed by atoms with Crippen LogP contribution in [0.15, 0.2) is 64.0 Å². The maximum atomic E-state index is 13.0. The van der Waals surface area contributed by atoms with Crippen LogP contribution in [0.4, 0.5) is 0 Å². The van der Waals surface area contributed by atoms with Crippen molar-refractivity contribution in [3.63, 3.8) is 0 Å². The molecule has 0 spiro atoms. The normalized spacial score (nSPS) is 11.0. The first-order valence-electron chi connectivity index (χ1n) is 8.34. The van der Waals surface area contributed by atoms with Gasteiger partial charge in [-0.3, -0.25) is 4.79 Å². The van der Waals surface area contributed by atoms with Gasteiger partial charge in [-0.15, -0.1) is 0 Å². The van der Waals surface area contributed by atoms with Crippen LogP contribution in [0.3, 0.4) is 0 Å². The number of nitrogens with zero attached hydrogens (tertiary/aromatic N) is 3. The van der Waals surface area contributed by atoms with E-state index in [9.17, 15) is 4.79 Å². The molecule has 146 valence electrons. The van der Waals surface area contributed by atoms with E-state index in [0.29, 0.717) is 31.5 Å². The van der Waals surface area contributed by atoms with Crippen LogP contribution < -0.4 is 5.56 Å². The van der Waals surface area contributed by atoms with Crippen molar-refractivity contribution in [1.82, 2.24) is 14.7 Å². The van der Waals surface area contributed by atoms with Crippen LogP contribution >= 0.6 is 46.4 Å².